The van der Waals surface area contributed by atoms with Crippen LogP contribution in [0.3, 0.4) is 0 Å². The third-order valence-corrected chi connectivity index (χ3v) is 3.77. The van der Waals surface area contributed by atoms with E-state index in [0.717, 1.165) is 23.1 Å². The number of rotatable bonds is 4. The van der Waals surface area contributed by atoms with Gasteiger partial charge in [0.15, 0.2) is 0 Å². The average Bonchev–Trinajstić information content (AvgIpc) is 2.55. The van der Waals surface area contributed by atoms with Crippen molar-refractivity contribution in [3.8, 4) is 11.3 Å². The molecule has 3 rings (SSSR count). The summed E-state index contributed by atoms with van der Waals surface area (Å²) in [5, 5.41) is 6.17. The van der Waals surface area contributed by atoms with Gasteiger partial charge >= 0.3 is 0 Å². The molecule has 0 amide bonds. The Morgan fingerprint density at radius 2 is 1.73 bits per heavy atom. The highest BCUT2D eigenvalue weighted by atomic mass is 16.1. The Morgan fingerprint density at radius 1 is 1.05 bits per heavy atom. The summed E-state index contributed by atoms with van der Waals surface area (Å²) in [7, 11) is 0. The number of hydrogen-bond acceptors (Lipinski definition) is 3. The van der Waals surface area contributed by atoms with E-state index in [9.17, 15) is 4.79 Å². The van der Waals surface area contributed by atoms with E-state index in [1.807, 2.05) is 36.4 Å². The van der Waals surface area contributed by atoms with Crippen LogP contribution < -0.4 is 11.3 Å². The van der Waals surface area contributed by atoms with E-state index in [1.165, 1.54) is 10.2 Å². The monoisotopic (exact) mass is 293 g/mol. The van der Waals surface area contributed by atoms with E-state index in [4.69, 9.17) is 5.73 Å². The molecule has 4 heteroatoms. The van der Waals surface area contributed by atoms with Crippen LogP contribution in [-0.2, 0) is 6.54 Å². The zero-order valence-electron chi connectivity index (χ0n) is 12.6. The number of hydrogen-bond donors (Lipinski definition) is 1. The van der Waals surface area contributed by atoms with E-state index in [1.54, 1.807) is 0 Å². The maximum atomic E-state index is 12.5. The van der Waals surface area contributed by atoms with Gasteiger partial charge in [0.1, 0.15) is 0 Å². The van der Waals surface area contributed by atoms with Crippen LogP contribution >= 0.6 is 0 Å². The standard InChI is InChI=1S/C18H19N3O/c1-13-7-9-14(10-8-13)17-15-5-2-3-6-16(15)18(22)21(20-17)12-4-11-19/h2-3,5-10H,4,11-12,19H2,1H3. The number of nitrogens with two attached hydrogens (primary N) is 1. The number of fused-ring (bicyclic) bond motifs is 1. The lowest BCUT2D eigenvalue weighted by molar-refractivity contribution is 0.561. The highest BCUT2D eigenvalue weighted by Gasteiger charge is 2.11. The highest BCUT2D eigenvalue weighted by molar-refractivity contribution is 5.93. The predicted molar refractivity (Wildman–Crippen MR) is 89.8 cm³/mol. The molecule has 0 bridgehead atoms. The molecule has 1 heterocycles. The van der Waals surface area contributed by atoms with Crippen LogP contribution in [0.1, 0.15) is 12.0 Å². The van der Waals surface area contributed by atoms with E-state index >= 15 is 0 Å². The fourth-order valence-corrected chi connectivity index (χ4v) is 2.55. The van der Waals surface area contributed by atoms with Crippen molar-refractivity contribution in [3.63, 3.8) is 0 Å². The van der Waals surface area contributed by atoms with Crippen molar-refractivity contribution in [3.05, 3.63) is 64.4 Å². The maximum Gasteiger partial charge on any atom is 0.274 e. The van der Waals surface area contributed by atoms with Crippen LogP contribution in [0.2, 0.25) is 0 Å². The average molecular weight is 293 g/mol. The Labute approximate surface area is 129 Å². The summed E-state index contributed by atoms with van der Waals surface area (Å²) in [6.45, 7) is 3.14. The zero-order chi connectivity index (χ0) is 15.5. The second-order valence-corrected chi connectivity index (χ2v) is 5.43. The van der Waals surface area contributed by atoms with Crippen LogP contribution in [0, 0.1) is 6.92 Å². The number of nitrogens with zero attached hydrogens (tertiary/aromatic N) is 2. The van der Waals surface area contributed by atoms with E-state index in [2.05, 4.69) is 24.2 Å². The summed E-state index contributed by atoms with van der Waals surface area (Å²) in [6.07, 6.45) is 0.735. The lowest BCUT2D eigenvalue weighted by Crippen LogP contribution is -2.25. The van der Waals surface area contributed by atoms with Crippen molar-refractivity contribution in [2.24, 2.45) is 5.73 Å². The lowest BCUT2D eigenvalue weighted by atomic mass is 10.0. The molecule has 0 aliphatic heterocycles. The molecule has 0 spiro atoms. The van der Waals surface area contributed by atoms with Crippen LogP contribution in [0.4, 0.5) is 0 Å². The van der Waals surface area contributed by atoms with Crippen molar-refractivity contribution in [1.82, 2.24) is 9.78 Å². The summed E-state index contributed by atoms with van der Waals surface area (Å²) in [6, 6.07) is 15.8. The first kappa shape index (κ1) is 14.5. The minimum atomic E-state index is -0.0556. The molecule has 0 atom stereocenters. The molecule has 3 aromatic rings. The molecule has 2 aromatic carbocycles. The highest BCUT2D eigenvalue weighted by Crippen LogP contribution is 2.24. The van der Waals surface area contributed by atoms with E-state index in [0.29, 0.717) is 18.5 Å². The molecule has 0 saturated carbocycles. The van der Waals surface area contributed by atoms with Gasteiger partial charge in [-0.1, -0.05) is 48.0 Å². The minimum absolute atomic E-state index is 0.0556. The van der Waals surface area contributed by atoms with Crippen LogP contribution in [0.15, 0.2) is 53.3 Å². The second-order valence-electron chi connectivity index (χ2n) is 5.43. The second kappa shape index (κ2) is 6.12. The topological polar surface area (TPSA) is 60.9 Å². The Morgan fingerprint density at radius 3 is 2.41 bits per heavy atom. The van der Waals surface area contributed by atoms with Crippen molar-refractivity contribution in [2.45, 2.75) is 19.9 Å². The predicted octanol–water partition coefficient (Wildman–Crippen LogP) is 2.72. The van der Waals surface area contributed by atoms with Gasteiger partial charge in [-0.2, -0.15) is 5.10 Å². The molecular weight excluding hydrogens is 274 g/mol. The summed E-state index contributed by atoms with van der Waals surface area (Å²) >= 11 is 0. The largest absolute Gasteiger partial charge is 0.330 e. The summed E-state index contributed by atoms with van der Waals surface area (Å²) in [5.74, 6) is 0. The molecule has 112 valence electrons. The summed E-state index contributed by atoms with van der Waals surface area (Å²) in [4.78, 5) is 12.5. The molecule has 0 fully saturated rings. The number of benzene rings is 2. The molecular formula is C18H19N3O. The summed E-state index contributed by atoms with van der Waals surface area (Å²) in [5.41, 5.74) is 8.56. The minimum Gasteiger partial charge on any atom is -0.330 e. The van der Waals surface area contributed by atoms with Gasteiger partial charge in [0.25, 0.3) is 5.56 Å². The number of aryl methyl sites for hydroxylation is 2. The molecule has 0 aliphatic rings. The van der Waals surface area contributed by atoms with Crippen LogP contribution in [-0.4, -0.2) is 16.3 Å². The third-order valence-electron chi connectivity index (χ3n) is 3.77. The van der Waals surface area contributed by atoms with Crippen molar-refractivity contribution >= 4 is 10.8 Å². The molecule has 0 aliphatic carbocycles. The van der Waals surface area contributed by atoms with Gasteiger partial charge in [-0.15, -0.1) is 0 Å². The van der Waals surface area contributed by atoms with Crippen molar-refractivity contribution in [1.29, 1.82) is 0 Å². The van der Waals surface area contributed by atoms with E-state index < -0.39 is 0 Å². The van der Waals surface area contributed by atoms with Crippen molar-refractivity contribution in [2.75, 3.05) is 6.54 Å². The Balaban J connectivity index is 2.25. The molecule has 4 nitrogen and oxygen atoms in total. The van der Waals surface area contributed by atoms with Gasteiger partial charge in [-0.3, -0.25) is 4.79 Å². The Hall–Kier alpha value is -2.46. The van der Waals surface area contributed by atoms with Crippen LogP contribution in [0.5, 0.6) is 0 Å². The molecule has 22 heavy (non-hydrogen) atoms. The van der Waals surface area contributed by atoms with Gasteiger partial charge < -0.3 is 5.73 Å². The quantitative estimate of drug-likeness (QED) is 0.804. The maximum absolute atomic E-state index is 12.5. The zero-order valence-corrected chi connectivity index (χ0v) is 12.6. The van der Waals surface area contributed by atoms with Gasteiger partial charge in [-0.05, 0) is 26.0 Å². The third kappa shape index (κ3) is 2.65. The fraction of sp³-hybridized carbons (Fsp3) is 0.222. The Bertz CT molecular complexity index is 850. The fourth-order valence-electron chi connectivity index (χ4n) is 2.55. The molecule has 1 aromatic heterocycles. The number of aromatic nitrogens is 2. The van der Waals surface area contributed by atoms with Gasteiger partial charge in [-0.25, -0.2) is 4.68 Å². The Kier molecular flexibility index (Phi) is 4.02. The molecule has 2 N–H and O–H groups in total. The van der Waals surface area contributed by atoms with Crippen molar-refractivity contribution < 1.29 is 0 Å². The lowest BCUT2D eigenvalue weighted by Gasteiger charge is -2.11. The van der Waals surface area contributed by atoms with Gasteiger partial charge in [0, 0.05) is 17.5 Å². The molecule has 0 radical (unpaired) electrons. The normalized spacial score (nSPS) is 11.0. The molecule has 0 saturated heterocycles. The van der Waals surface area contributed by atoms with Gasteiger partial charge in [0.2, 0.25) is 0 Å². The SMILES string of the molecule is Cc1ccc(-c2nn(CCCN)c(=O)c3ccccc23)cc1. The first-order valence-corrected chi connectivity index (χ1v) is 7.47. The van der Waals surface area contributed by atoms with E-state index in [-0.39, 0.29) is 5.56 Å². The van der Waals surface area contributed by atoms with Gasteiger partial charge in [0.05, 0.1) is 11.1 Å². The summed E-state index contributed by atoms with van der Waals surface area (Å²) < 4.78 is 1.53. The van der Waals surface area contributed by atoms with Crippen LogP contribution in [0.25, 0.3) is 22.0 Å². The first-order valence-electron chi connectivity index (χ1n) is 7.47. The smallest absolute Gasteiger partial charge is 0.274 e. The first-order chi connectivity index (χ1) is 10.7. The molecule has 0 unspecified atom stereocenters.